The number of hydrogen-bond acceptors (Lipinski definition) is 14. The molecule has 0 spiro atoms. The van der Waals surface area contributed by atoms with Crippen molar-refractivity contribution in [3.8, 4) is 0 Å². The van der Waals surface area contributed by atoms with Gasteiger partial charge in [-0.15, -0.1) is 0 Å². The Kier molecular flexibility index (Phi) is 15.5. The second kappa shape index (κ2) is 20.4. The summed E-state index contributed by atoms with van der Waals surface area (Å²) in [6.07, 6.45) is -3.91. The topological polar surface area (TPSA) is 213 Å². The van der Waals surface area contributed by atoms with Crippen molar-refractivity contribution < 1.29 is 62.7 Å². The van der Waals surface area contributed by atoms with E-state index in [0.29, 0.717) is 42.8 Å². The summed E-state index contributed by atoms with van der Waals surface area (Å²) in [5.41, 5.74) is -4.09. The maximum Gasteiger partial charge on any atom is 0.350 e. The van der Waals surface area contributed by atoms with Crippen LogP contribution in [0.1, 0.15) is 116 Å². The predicted molar refractivity (Wildman–Crippen MR) is 241 cm³/mol. The summed E-state index contributed by atoms with van der Waals surface area (Å²) in [5.74, 6) is -3.71. The van der Waals surface area contributed by atoms with E-state index in [1.54, 1.807) is 95.3 Å². The number of hydrogen-bond donors (Lipinski definition) is 4. The first kappa shape index (κ1) is 50.2. The molecule has 0 radical (unpaired) electrons. The molecule has 11 atom stereocenters. The molecule has 0 aromatic heterocycles. The number of ketones is 1. The van der Waals surface area contributed by atoms with Crippen LogP contribution in [0.5, 0.6) is 0 Å². The number of carbonyl (C=O) groups excluding carboxylic acids is 6. The van der Waals surface area contributed by atoms with Crippen molar-refractivity contribution in [3.63, 3.8) is 0 Å². The van der Waals surface area contributed by atoms with Gasteiger partial charge in [0.15, 0.2) is 0 Å². The number of Topliss-reactive ketones (excluding diaryl/α,β-unsaturated/α-hetero) is 1. The van der Waals surface area contributed by atoms with Gasteiger partial charge in [0.05, 0.1) is 35.5 Å². The molecule has 15 heteroatoms. The van der Waals surface area contributed by atoms with Crippen molar-refractivity contribution in [1.82, 2.24) is 10.6 Å². The van der Waals surface area contributed by atoms with Crippen LogP contribution >= 0.6 is 0 Å². The highest BCUT2D eigenvalue weighted by molar-refractivity contribution is 5.92. The third-order valence-corrected chi connectivity index (χ3v) is 14.9. The minimum absolute atomic E-state index is 0.143. The molecule has 3 unspecified atom stereocenters. The Bertz CT molecular complexity index is 2210. The molecule has 15 nitrogen and oxygen atoms in total. The van der Waals surface area contributed by atoms with Crippen molar-refractivity contribution >= 4 is 35.5 Å². The number of allylic oxidation sites excluding steroid dienone is 1. The molecular weight excluding hydrogens is 849 g/mol. The van der Waals surface area contributed by atoms with Crippen molar-refractivity contribution in [1.29, 1.82) is 0 Å². The van der Waals surface area contributed by atoms with E-state index in [1.165, 1.54) is 6.92 Å². The van der Waals surface area contributed by atoms with Crippen LogP contribution in [-0.4, -0.2) is 108 Å². The van der Waals surface area contributed by atoms with Crippen molar-refractivity contribution in [2.24, 2.45) is 28.1 Å². The van der Waals surface area contributed by atoms with E-state index < -0.39 is 101 Å². The number of ether oxygens (including phenoxy) is 5. The SMILES string of the molecule is CCOCCCCCC(=C=O)NCC(=O)O[C@@H](C(=O)O[C@H]1C[C@@]2(O)[C@@H](OC(=O)c3ccccc3)C3C(C)(C(=O)[C@H](C)C(=C1C)C2(C)C)[C@@H](O)CC1OC[C@]13C)[C@@H](NC(C)=O)c1ccccc1. The summed E-state index contributed by atoms with van der Waals surface area (Å²) in [5, 5.41) is 31.2. The molecule has 2 saturated carbocycles. The fourth-order valence-corrected chi connectivity index (χ4v) is 11.3. The van der Waals surface area contributed by atoms with Gasteiger partial charge < -0.3 is 44.5 Å². The lowest BCUT2D eigenvalue weighted by Crippen LogP contribution is -2.77. The van der Waals surface area contributed by atoms with Crippen LogP contribution in [0.3, 0.4) is 0 Å². The molecule has 2 aromatic rings. The second-order valence-corrected chi connectivity index (χ2v) is 19.3. The van der Waals surface area contributed by atoms with Gasteiger partial charge in [0.25, 0.3) is 0 Å². The molecule has 2 bridgehead atoms. The largest absolute Gasteiger partial charge is 0.455 e. The maximum absolute atomic E-state index is 15.3. The number of amides is 1. The number of aliphatic hydroxyl groups excluding tert-OH is 1. The number of esters is 3. The minimum atomic E-state index is -2.06. The number of aliphatic hydroxyl groups is 2. The molecular formula is C51H66N2O13. The summed E-state index contributed by atoms with van der Waals surface area (Å²) in [7, 11) is 0. The van der Waals surface area contributed by atoms with Gasteiger partial charge in [-0.2, -0.15) is 0 Å². The van der Waals surface area contributed by atoms with Crippen molar-refractivity contribution in [2.45, 2.75) is 136 Å². The molecule has 1 amide bonds. The molecule has 6 rings (SSSR count). The molecule has 358 valence electrons. The average Bonchev–Trinajstić information content (AvgIpc) is 3.29. The Morgan fingerprint density at radius 2 is 1.64 bits per heavy atom. The van der Waals surface area contributed by atoms with Crippen LogP contribution in [0.2, 0.25) is 0 Å². The van der Waals surface area contributed by atoms with Crippen molar-refractivity contribution in [2.75, 3.05) is 26.4 Å². The zero-order valence-corrected chi connectivity index (χ0v) is 39.3. The zero-order valence-electron chi connectivity index (χ0n) is 39.3. The first-order chi connectivity index (χ1) is 31.3. The van der Waals surface area contributed by atoms with Crippen LogP contribution in [0.15, 0.2) is 77.5 Å². The fourth-order valence-electron chi connectivity index (χ4n) is 11.3. The number of rotatable bonds is 18. The third kappa shape index (κ3) is 9.51. The normalized spacial score (nSPS) is 30.6. The summed E-state index contributed by atoms with van der Waals surface area (Å²) in [6.45, 7) is 14.6. The van der Waals surface area contributed by atoms with Crippen LogP contribution in [-0.2, 0) is 47.7 Å². The third-order valence-electron chi connectivity index (χ3n) is 14.9. The Morgan fingerprint density at radius 3 is 2.24 bits per heavy atom. The lowest BCUT2D eigenvalue weighted by molar-refractivity contribution is -0.312. The van der Waals surface area contributed by atoms with E-state index in [-0.39, 0.29) is 36.5 Å². The molecule has 66 heavy (non-hydrogen) atoms. The lowest BCUT2D eigenvalue weighted by atomic mass is 9.41. The Labute approximate surface area is 387 Å². The number of fused-ring (bicyclic) bond motifs is 5. The van der Waals surface area contributed by atoms with E-state index in [2.05, 4.69) is 10.6 Å². The molecule has 4 N–H and O–H groups in total. The fraction of sp³-hybridized carbons (Fsp3) is 0.588. The van der Waals surface area contributed by atoms with Gasteiger partial charge in [-0.3, -0.25) is 14.4 Å². The van der Waals surface area contributed by atoms with Gasteiger partial charge in [-0.1, -0.05) is 82.6 Å². The van der Waals surface area contributed by atoms with Gasteiger partial charge >= 0.3 is 17.9 Å². The average molecular weight is 915 g/mol. The molecule has 4 aliphatic rings. The molecule has 3 aliphatic carbocycles. The van der Waals surface area contributed by atoms with Gasteiger partial charge in [0.2, 0.25) is 12.0 Å². The van der Waals surface area contributed by atoms with E-state index in [9.17, 15) is 34.2 Å². The van der Waals surface area contributed by atoms with Crippen molar-refractivity contribution in [3.05, 3.63) is 88.6 Å². The van der Waals surface area contributed by atoms with Gasteiger partial charge in [0, 0.05) is 55.6 Å². The Balaban J connectivity index is 1.39. The second-order valence-electron chi connectivity index (χ2n) is 19.3. The Hall–Kier alpha value is -5.18. The highest BCUT2D eigenvalue weighted by Gasteiger charge is 2.74. The van der Waals surface area contributed by atoms with Gasteiger partial charge in [-0.05, 0) is 68.9 Å². The van der Waals surface area contributed by atoms with E-state index in [1.807, 2.05) is 19.8 Å². The molecule has 1 saturated heterocycles. The number of nitrogens with one attached hydrogen (secondary N) is 2. The summed E-state index contributed by atoms with van der Waals surface area (Å²) >= 11 is 0. The van der Waals surface area contributed by atoms with E-state index in [0.717, 1.165) is 12.8 Å². The number of carbonyl (C=O) groups is 5. The van der Waals surface area contributed by atoms with Crippen LogP contribution < -0.4 is 10.6 Å². The molecule has 1 heterocycles. The molecule has 3 fully saturated rings. The monoisotopic (exact) mass is 914 g/mol. The first-order valence-corrected chi connectivity index (χ1v) is 23.1. The minimum Gasteiger partial charge on any atom is -0.455 e. The zero-order chi connectivity index (χ0) is 48.2. The highest BCUT2D eigenvalue weighted by Crippen LogP contribution is 2.66. The van der Waals surface area contributed by atoms with E-state index >= 15 is 4.79 Å². The Morgan fingerprint density at radius 1 is 0.970 bits per heavy atom. The van der Waals surface area contributed by atoms with Gasteiger partial charge in [-0.25, -0.2) is 14.4 Å². The predicted octanol–water partition coefficient (Wildman–Crippen LogP) is 5.30. The molecule has 1 aliphatic heterocycles. The molecule has 2 aromatic carbocycles. The van der Waals surface area contributed by atoms with E-state index in [4.69, 9.17) is 23.7 Å². The summed E-state index contributed by atoms with van der Waals surface area (Å²) < 4.78 is 30.1. The first-order valence-electron chi connectivity index (χ1n) is 23.1. The smallest absolute Gasteiger partial charge is 0.350 e. The van der Waals surface area contributed by atoms with Crippen LogP contribution in [0.25, 0.3) is 0 Å². The summed E-state index contributed by atoms with van der Waals surface area (Å²) in [4.78, 5) is 82.7. The number of benzene rings is 2. The standard InChI is InChI=1S/C51H66N2O13/c1-9-62-24-18-12-17-23-35(28-54)52-27-39(57)65-42(41(53-32(4)55)33-19-13-10-14-20-33)47(60)64-36-26-51(61)45(66-46(59)34-21-15-11-16-22-34)43-49(7)29-63-38(49)25-37(56)50(43,8)44(58)31(3)40(30(36)2)48(51,5)6/h10-11,13-16,19-22,31,36-38,41-43,45,52,56,61H,9,12,17-18,23-27,29H2,1-8H3,(H,53,55)/t31-,36+,37+,38?,41+,42-,43?,45+,49-,50?,51-/m1/s1. The quantitative estimate of drug-likeness (QED) is 0.0492. The number of unbranched alkanes of at least 4 members (excludes halogenated alkanes) is 2. The van der Waals surface area contributed by atoms with Gasteiger partial charge in [0.1, 0.15) is 42.1 Å². The summed E-state index contributed by atoms with van der Waals surface area (Å²) in [6, 6.07) is 15.4. The van der Waals surface area contributed by atoms with Crippen LogP contribution in [0, 0.1) is 28.1 Å². The van der Waals surface area contributed by atoms with Crippen LogP contribution in [0.4, 0.5) is 0 Å². The highest BCUT2D eigenvalue weighted by atomic mass is 16.6. The maximum atomic E-state index is 15.3. The lowest BCUT2D eigenvalue weighted by Gasteiger charge is -2.68.